The van der Waals surface area contributed by atoms with Gasteiger partial charge in [-0.1, -0.05) is 18.6 Å². The maximum absolute atomic E-state index is 10.7. The fourth-order valence-electron chi connectivity index (χ4n) is 2.11. The largest absolute Gasteiger partial charge is 0.486 e. The van der Waals surface area contributed by atoms with E-state index in [0.29, 0.717) is 23.8 Å². The smallest absolute Gasteiger partial charge is 0.150 e. The third kappa shape index (κ3) is 2.84. The van der Waals surface area contributed by atoms with Crippen molar-refractivity contribution in [2.45, 2.75) is 31.8 Å². The number of nitrogens with zero attached hydrogens (tertiary/aromatic N) is 1. The summed E-state index contributed by atoms with van der Waals surface area (Å²) in [5, 5.41) is 3.14. The SMILES string of the molecule is O=Cc1cccc(OCc2nc(C3CCC3)cs2)c1. The van der Waals surface area contributed by atoms with E-state index in [9.17, 15) is 4.79 Å². The van der Waals surface area contributed by atoms with E-state index in [1.807, 2.05) is 12.1 Å². The Bertz CT molecular complexity index is 575. The molecule has 1 fully saturated rings. The molecule has 98 valence electrons. The summed E-state index contributed by atoms with van der Waals surface area (Å²) < 4.78 is 5.67. The van der Waals surface area contributed by atoms with Crippen LogP contribution in [0.25, 0.3) is 0 Å². The van der Waals surface area contributed by atoms with Crippen molar-refractivity contribution in [3.05, 3.63) is 45.9 Å². The van der Waals surface area contributed by atoms with E-state index in [2.05, 4.69) is 10.4 Å². The molecular weight excluding hydrogens is 258 g/mol. The van der Waals surface area contributed by atoms with Gasteiger partial charge in [-0.2, -0.15) is 0 Å². The van der Waals surface area contributed by atoms with Crippen molar-refractivity contribution in [2.24, 2.45) is 0 Å². The normalized spacial score (nSPS) is 14.9. The van der Waals surface area contributed by atoms with Crippen molar-refractivity contribution in [3.63, 3.8) is 0 Å². The Morgan fingerprint density at radius 3 is 3.05 bits per heavy atom. The summed E-state index contributed by atoms with van der Waals surface area (Å²) in [7, 11) is 0. The topological polar surface area (TPSA) is 39.2 Å². The van der Waals surface area contributed by atoms with E-state index in [1.54, 1.807) is 23.5 Å². The van der Waals surface area contributed by atoms with Crippen molar-refractivity contribution in [1.82, 2.24) is 4.98 Å². The molecular formula is C15H15NO2S. The maximum atomic E-state index is 10.7. The fraction of sp³-hybridized carbons (Fsp3) is 0.333. The summed E-state index contributed by atoms with van der Waals surface area (Å²) in [5.74, 6) is 1.38. The van der Waals surface area contributed by atoms with Crippen LogP contribution in [0.5, 0.6) is 5.75 Å². The molecule has 0 amide bonds. The van der Waals surface area contributed by atoms with Gasteiger partial charge in [-0.05, 0) is 25.0 Å². The Labute approximate surface area is 116 Å². The highest BCUT2D eigenvalue weighted by atomic mass is 32.1. The number of aromatic nitrogens is 1. The molecule has 0 spiro atoms. The molecule has 0 saturated heterocycles. The second kappa shape index (κ2) is 5.53. The Kier molecular flexibility index (Phi) is 3.60. The van der Waals surface area contributed by atoms with Gasteiger partial charge < -0.3 is 4.74 Å². The molecule has 1 aromatic heterocycles. The minimum absolute atomic E-state index is 0.472. The fourth-order valence-corrected chi connectivity index (χ4v) is 2.89. The Balaban J connectivity index is 1.61. The molecule has 0 bridgehead atoms. The lowest BCUT2D eigenvalue weighted by molar-refractivity contribution is 0.112. The first-order valence-electron chi connectivity index (χ1n) is 6.47. The molecule has 1 heterocycles. The Morgan fingerprint density at radius 2 is 2.32 bits per heavy atom. The second-order valence-corrected chi connectivity index (χ2v) is 5.72. The van der Waals surface area contributed by atoms with Crippen LogP contribution < -0.4 is 4.74 Å². The molecule has 1 saturated carbocycles. The summed E-state index contributed by atoms with van der Waals surface area (Å²) in [6.07, 6.45) is 4.69. The number of rotatable bonds is 5. The number of aldehydes is 1. The molecule has 0 aliphatic heterocycles. The lowest BCUT2D eigenvalue weighted by Gasteiger charge is -2.22. The first-order valence-corrected chi connectivity index (χ1v) is 7.35. The zero-order chi connectivity index (χ0) is 13.1. The van der Waals surface area contributed by atoms with Gasteiger partial charge in [-0.3, -0.25) is 4.79 Å². The van der Waals surface area contributed by atoms with Gasteiger partial charge in [0.25, 0.3) is 0 Å². The molecule has 0 N–H and O–H groups in total. The van der Waals surface area contributed by atoms with E-state index in [4.69, 9.17) is 4.74 Å². The van der Waals surface area contributed by atoms with Crippen molar-refractivity contribution in [3.8, 4) is 5.75 Å². The molecule has 0 radical (unpaired) electrons. The van der Waals surface area contributed by atoms with Crippen LogP contribution in [0.2, 0.25) is 0 Å². The van der Waals surface area contributed by atoms with E-state index >= 15 is 0 Å². The zero-order valence-corrected chi connectivity index (χ0v) is 11.4. The van der Waals surface area contributed by atoms with Crippen LogP contribution >= 0.6 is 11.3 Å². The van der Waals surface area contributed by atoms with E-state index in [0.717, 1.165) is 11.3 Å². The Hall–Kier alpha value is -1.68. The van der Waals surface area contributed by atoms with Crippen LogP contribution in [0.15, 0.2) is 29.6 Å². The molecule has 3 rings (SSSR count). The average Bonchev–Trinajstić information content (AvgIpc) is 2.83. The van der Waals surface area contributed by atoms with E-state index in [-0.39, 0.29) is 0 Å². The van der Waals surface area contributed by atoms with E-state index in [1.165, 1.54) is 25.0 Å². The molecule has 3 nitrogen and oxygen atoms in total. The van der Waals surface area contributed by atoms with Crippen molar-refractivity contribution >= 4 is 17.6 Å². The van der Waals surface area contributed by atoms with Gasteiger partial charge in [0.15, 0.2) is 0 Å². The van der Waals surface area contributed by atoms with Crippen molar-refractivity contribution in [2.75, 3.05) is 0 Å². The number of ether oxygens (including phenoxy) is 1. The number of carbonyl (C=O) groups excluding carboxylic acids is 1. The number of thiazole rings is 1. The van der Waals surface area contributed by atoms with Crippen LogP contribution in [-0.4, -0.2) is 11.3 Å². The highest BCUT2D eigenvalue weighted by Gasteiger charge is 2.21. The highest BCUT2D eigenvalue weighted by Crippen LogP contribution is 2.36. The zero-order valence-electron chi connectivity index (χ0n) is 10.5. The van der Waals surface area contributed by atoms with Crippen LogP contribution in [-0.2, 0) is 6.61 Å². The number of hydrogen-bond acceptors (Lipinski definition) is 4. The predicted octanol–water partition coefficient (Wildman–Crippen LogP) is 3.80. The standard InChI is InChI=1S/C15H15NO2S/c17-8-11-3-1-6-13(7-11)18-9-15-16-14(10-19-15)12-4-2-5-12/h1,3,6-8,10,12H,2,4-5,9H2. The van der Waals surface area contributed by atoms with Crippen molar-refractivity contribution < 1.29 is 9.53 Å². The Morgan fingerprint density at radius 1 is 1.42 bits per heavy atom. The molecule has 1 aliphatic carbocycles. The summed E-state index contributed by atoms with van der Waals surface area (Å²) in [4.78, 5) is 15.3. The first kappa shape index (κ1) is 12.4. The number of hydrogen-bond donors (Lipinski definition) is 0. The monoisotopic (exact) mass is 273 g/mol. The van der Waals surface area contributed by atoms with Crippen LogP contribution in [0.4, 0.5) is 0 Å². The third-order valence-corrected chi connectivity index (χ3v) is 4.29. The quantitative estimate of drug-likeness (QED) is 0.778. The molecule has 2 aromatic rings. The summed E-state index contributed by atoms with van der Waals surface area (Å²) in [5.41, 5.74) is 1.85. The lowest BCUT2D eigenvalue weighted by atomic mass is 9.83. The van der Waals surface area contributed by atoms with Gasteiger partial charge in [0.2, 0.25) is 0 Å². The second-order valence-electron chi connectivity index (χ2n) is 4.77. The van der Waals surface area contributed by atoms with Gasteiger partial charge in [-0.15, -0.1) is 11.3 Å². The van der Waals surface area contributed by atoms with Gasteiger partial charge in [0.05, 0.1) is 5.69 Å². The van der Waals surface area contributed by atoms with Gasteiger partial charge in [0, 0.05) is 16.9 Å². The van der Waals surface area contributed by atoms with Crippen LogP contribution in [0.1, 0.15) is 46.2 Å². The maximum Gasteiger partial charge on any atom is 0.150 e. The van der Waals surface area contributed by atoms with Crippen LogP contribution in [0, 0.1) is 0 Å². The minimum atomic E-state index is 0.472. The van der Waals surface area contributed by atoms with Crippen molar-refractivity contribution in [1.29, 1.82) is 0 Å². The molecule has 0 atom stereocenters. The van der Waals surface area contributed by atoms with Gasteiger partial charge >= 0.3 is 0 Å². The number of carbonyl (C=O) groups is 1. The summed E-state index contributed by atoms with van der Waals surface area (Å²) in [6.45, 7) is 0.472. The number of benzene rings is 1. The minimum Gasteiger partial charge on any atom is -0.486 e. The molecule has 1 aliphatic rings. The molecule has 19 heavy (non-hydrogen) atoms. The van der Waals surface area contributed by atoms with Gasteiger partial charge in [0.1, 0.15) is 23.7 Å². The molecule has 0 unspecified atom stereocenters. The van der Waals surface area contributed by atoms with Crippen LogP contribution in [0.3, 0.4) is 0 Å². The van der Waals surface area contributed by atoms with Gasteiger partial charge in [-0.25, -0.2) is 4.98 Å². The summed E-state index contributed by atoms with van der Waals surface area (Å²) in [6, 6.07) is 7.18. The average molecular weight is 273 g/mol. The highest BCUT2D eigenvalue weighted by molar-refractivity contribution is 7.09. The summed E-state index contributed by atoms with van der Waals surface area (Å²) >= 11 is 1.65. The third-order valence-electron chi connectivity index (χ3n) is 3.45. The molecule has 4 heteroatoms. The lowest BCUT2D eigenvalue weighted by Crippen LogP contribution is -2.09. The molecule has 1 aromatic carbocycles. The predicted molar refractivity (Wildman–Crippen MR) is 74.9 cm³/mol. The first-order chi connectivity index (χ1) is 9.35. The van der Waals surface area contributed by atoms with E-state index < -0.39 is 0 Å².